The second-order valence-corrected chi connectivity index (χ2v) is 4.32. The van der Waals surface area contributed by atoms with Gasteiger partial charge in [0.15, 0.2) is 0 Å². The van der Waals surface area contributed by atoms with E-state index in [4.69, 9.17) is 10.8 Å². The van der Waals surface area contributed by atoms with Gasteiger partial charge in [-0.15, -0.1) is 0 Å². The van der Waals surface area contributed by atoms with E-state index in [-0.39, 0.29) is 31.3 Å². The maximum absolute atomic E-state index is 12.9. The normalized spacial score (nSPS) is 20.2. The third kappa shape index (κ3) is 2.23. The van der Waals surface area contributed by atoms with Crippen LogP contribution >= 0.6 is 0 Å². The Balaban J connectivity index is 2.43. The summed E-state index contributed by atoms with van der Waals surface area (Å²) in [4.78, 5) is 1.78. The molecule has 1 unspecified atom stereocenters. The lowest BCUT2D eigenvalue weighted by Crippen LogP contribution is -2.30. The van der Waals surface area contributed by atoms with E-state index in [1.54, 1.807) is 11.0 Å². The monoisotopic (exact) mass is 260 g/mol. The molecule has 2 rings (SSSR count). The number of β-amino-alcohol motifs (C(OH)–C–C–N with tert-alkyl or cyclic N) is 1. The number of nitrogens with two attached hydrogens (primary N) is 1. The summed E-state index contributed by atoms with van der Waals surface area (Å²) < 4.78 is 38.7. The largest absolute Gasteiger partial charge is 0.416 e. The van der Waals surface area contributed by atoms with Gasteiger partial charge in [-0.1, -0.05) is 12.1 Å². The van der Waals surface area contributed by atoms with Crippen molar-refractivity contribution in [2.75, 3.05) is 19.7 Å². The highest BCUT2D eigenvalue weighted by Gasteiger charge is 2.39. The summed E-state index contributed by atoms with van der Waals surface area (Å²) in [6.07, 6.45) is -4.35. The zero-order valence-electron chi connectivity index (χ0n) is 9.74. The predicted octanol–water partition coefficient (Wildman–Crippen LogP) is 1.51. The molecule has 0 radical (unpaired) electrons. The van der Waals surface area contributed by atoms with Crippen LogP contribution in [0.1, 0.15) is 22.7 Å². The third-order valence-electron chi connectivity index (χ3n) is 3.29. The Morgan fingerprint density at radius 1 is 1.39 bits per heavy atom. The second-order valence-electron chi connectivity index (χ2n) is 4.32. The van der Waals surface area contributed by atoms with Crippen LogP contribution in [0.15, 0.2) is 18.2 Å². The molecule has 100 valence electrons. The molecule has 1 aliphatic heterocycles. The van der Waals surface area contributed by atoms with Gasteiger partial charge in [0, 0.05) is 25.7 Å². The first-order valence-corrected chi connectivity index (χ1v) is 5.73. The van der Waals surface area contributed by atoms with Crippen LogP contribution in [0.25, 0.3) is 0 Å². The molecule has 0 aliphatic carbocycles. The summed E-state index contributed by atoms with van der Waals surface area (Å²) in [5.41, 5.74) is 5.94. The van der Waals surface area contributed by atoms with Crippen LogP contribution in [-0.4, -0.2) is 29.7 Å². The number of rotatable bonds is 3. The predicted molar refractivity (Wildman–Crippen MR) is 60.7 cm³/mol. The summed E-state index contributed by atoms with van der Waals surface area (Å²) in [5.74, 6) is 0. The molecule has 0 saturated carbocycles. The van der Waals surface area contributed by atoms with E-state index in [1.807, 2.05) is 0 Å². The van der Waals surface area contributed by atoms with Gasteiger partial charge in [-0.25, -0.2) is 0 Å². The highest BCUT2D eigenvalue weighted by Crippen LogP contribution is 2.40. The lowest BCUT2D eigenvalue weighted by molar-refractivity contribution is -0.138. The molecule has 0 saturated heterocycles. The summed E-state index contributed by atoms with van der Waals surface area (Å²) in [6.45, 7) is 0.668. The summed E-state index contributed by atoms with van der Waals surface area (Å²) in [5, 5.41) is 8.94. The van der Waals surface area contributed by atoms with Gasteiger partial charge in [0.2, 0.25) is 0 Å². The number of hydrogen-bond donors (Lipinski definition) is 2. The number of nitrogens with zero attached hydrogens (tertiary/aromatic N) is 1. The molecule has 1 atom stereocenters. The van der Waals surface area contributed by atoms with Gasteiger partial charge in [0.05, 0.1) is 12.2 Å². The topological polar surface area (TPSA) is 49.5 Å². The Bertz CT molecular complexity index is 434. The Morgan fingerprint density at radius 2 is 2.11 bits per heavy atom. The quantitative estimate of drug-likeness (QED) is 0.866. The summed E-state index contributed by atoms with van der Waals surface area (Å²) in [6, 6.07) is 3.94. The van der Waals surface area contributed by atoms with E-state index in [9.17, 15) is 13.2 Å². The smallest absolute Gasteiger partial charge is 0.395 e. The van der Waals surface area contributed by atoms with E-state index in [0.29, 0.717) is 12.1 Å². The molecule has 0 aromatic heterocycles. The highest BCUT2D eigenvalue weighted by molar-refractivity contribution is 5.42. The van der Waals surface area contributed by atoms with Gasteiger partial charge in [-0.3, -0.25) is 4.90 Å². The number of hydrogen-bond acceptors (Lipinski definition) is 3. The van der Waals surface area contributed by atoms with Crippen molar-refractivity contribution in [3.8, 4) is 0 Å². The molecule has 0 spiro atoms. The van der Waals surface area contributed by atoms with Crippen LogP contribution in [0, 0.1) is 0 Å². The van der Waals surface area contributed by atoms with E-state index in [1.165, 1.54) is 6.07 Å². The lowest BCUT2D eigenvalue weighted by atomic mass is 9.99. The maximum Gasteiger partial charge on any atom is 0.416 e. The molecule has 3 N–H and O–H groups in total. The number of aliphatic hydroxyl groups is 1. The van der Waals surface area contributed by atoms with Crippen LogP contribution in [0.2, 0.25) is 0 Å². The van der Waals surface area contributed by atoms with Crippen molar-refractivity contribution < 1.29 is 18.3 Å². The third-order valence-corrected chi connectivity index (χ3v) is 3.29. The first-order chi connectivity index (χ1) is 8.49. The van der Waals surface area contributed by atoms with E-state index in [2.05, 4.69) is 0 Å². The molecule has 0 amide bonds. The molecule has 0 fully saturated rings. The van der Waals surface area contributed by atoms with Crippen molar-refractivity contribution in [3.63, 3.8) is 0 Å². The highest BCUT2D eigenvalue weighted by atomic mass is 19.4. The van der Waals surface area contributed by atoms with Gasteiger partial charge >= 0.3 is 6.18 Å². The molecule has 0 bridgehead atoms. The summed E-state index contributed by atoms with van der Waals surface area (Å²) in [7, 11) is 0. The van der Waals surface area contributed by atoms with Crippen LogP contribution < -0.4 is 5.73 Å². The molecule has 1 aromatic carbocycles. The minimum absolute atomic E-state index is 0.0914. The number of alkyl halides is 3. The van der Waals surface area contributed by atoms with Gasteiger partial charge in [-0.2, -0.15) is 13.2 Å². The van der Waals surface area contributed by atoms with E-state index < -0.39 is 11.7 Å². The Labute approximate surface area is 103 Å². The number of aliphatic hydroxyl groups excluding tert-OH is 1. The van der Waals surface area contributed by atoms with Gasteiger partial charge < -0.3 is 10.8 Å². The Morgan fingerprint density at radius 3 is 2.67 bits per heavy atom. The maximum atomic E-state index is 12.9. The van der Waals surface area contributed by atoms with Crippen LogP contribution in [0.3, 0.4) is 0 Å². The Hall–Kier alpha value is -1.11. The van der Waals surface area contributed by atoms with Crippen LogP contribution in [0.4, 0.5) is 13.2 Å². The first-order valence-electron chi connectivity index (χ1n) is 5.73. The molecule has 1 aliphatic rings. The number of fused-ring (bicyclic) bond motifs is 1. The fraction of sp³-hybridized carbons (Fsp3) is 0.500. The lowest BCUT2D eigenvalue weighted by Gasteiger charge is -2.22. The minimum atomic E-state index is -4.35. The van der Waals surface area contributed by atoms with Crippen molar-refractivity contribution in [1.82, 2.24) is 4.90 Å². The molecule has 3 nitrogen and oxygen atoms in total. The van der Waals surface area contributed by atoms with Crippen molar-refractivity contribution >= 4 is 0 Å². The SMILES string of the molecule is NCC1c2cccc(C(F)(F)F)c2CN1CCO. The Kier molecular flexibility index (Phi) is 3.61. The van der Waals surface area contributed by atoms with Gasteiger partial charge in [-0.05, 0) is 17.2 Å². The number of benzene rings is 1. The number of halogens is 3. The van der Waals surface area contributed by atoms with Crippen molar-refractivity contribution in [2.45, 2.75) is 18.8 Å². The standard InChI is InChI=1S/C12H15F3N2O/c13-12(14,15)10-3-1-2-8-9(10)7-17(4-5-18)11(8)6-16/h1-3,11,18H,4-7,16H2. The molecular weight excluding hydrogens is 245 g/mol. The zero-order chi connectivity index (χ0) is 13.3. The zero-order valence-corrected chi connectivity index (χ0v) is 9.74. The molecule has 1 heterocycles. The average Bonchev–Trinajstić information content (AvgIpc) is 2.65. The van der Waals surface area contributed by atoms with Gasteiger partial charge in [0.25, 0.3) is 0 Å². The second kappa shape index (κ2) is 4.87. The molecule has 6 heteroatoms. The van der Waals surface area contributed by atoms with Crippen molar-refractivity contribution in [1.29, 1.82) is 0 Å². The van der Waals surface area contributed by atoms with Gasteiger partial charge in [0.1, 0.15) is 0 Å². The fourth-order valence-corrected chi connectivity index (χ4v) is 2.51. The molecule has 18 heavy (non-hydrogen) atoms. The van der Waals surface area contributed by atoms with Crippen LogP contribution in [-0.2, 0) is 12.7 Å². The van der Waals surface area contributed by atoms with Crippen LogP contribution in [0.5, 0.6) is 0 Å². The first kappa shape index (κ1) is 13.3. The summed E-state index contributed by atoms with van der Waals surface area (Å²) >= 11 is 0. The molecular formula is C12H15F3N2O. The van der Waals surface area contributed by atoms with E-state index in [0.717, 1.165) is 6.07 Å². The minimum Gasteiger partial charge on any atom is -0.395 e. The van der Waals surface area contributed by atoms with Crippen molar-refractivity contribution in [2.24, 2.45) is 5.73 Å². The fourth-order valence-electron chi connectivity index (χ4n) is 2.51. The van der Waals surface area contributed by atoms with E-state index >= 15 is 0 Å². The van der Waals surface area contributed by atoms with Crippen molar-refractivity contribution in [3.05, 3.63) is 34.9 Å². The average molecular weight is 260 g/mol. The molecule has 1 aromatic rings.